The van der Waals surface area contributed by atoms with Gasteiger partial charge < -0.3 is 30.1 Å². The fraction of sp³-hybridized carbons (Fsp3) is 0.444. The summed E-state index contributed by atoms with van der Waals surface area (Å²) in [7, 11) is 5.51. The lowest BCUT2D eigenvalue weighted by Crippen LogP contribution is -2.52. The summed E-state index contributed by atoms with van der Waals surface area (Å²) in [5.41, 5.74) is 2.82. The minimum absolute atomic E-state index is 0.0440. The van der Waals surface area contributed by atoms with Crippen LogP contribution in [0.25, 0.3) is 11.4 Å². The number of amides is 2. The maximum Gasteiger partial charge on any atom is 0.490 e. The first-order valence-electron chi connectivity index (χ1n) is 13.1. The smallest absolute Gasteiger partial charge is 0.490 e. The van der Waals surface area contributed by atoms with E-state index in [9.17, 15) is 18.0 Å². The molecule has 0 spiro atoms. The number of aromatic nitrogens is 4. The lowest BCUT2D eigenvalue weighted by molar-refractivity contribution is -0.192. The number of ether oxygens (including phenoxy) is 2. The Morgan fingerprint density at radius 1 is 1.12 bits per heavy atom. The van der Waals surface area contributed by atoms with Gasteiger partial charge in [-0.3, -0.25) is 0 Å². The highest BCUT2D eigenvalue weighted by atomic mass is 19.4. The second kappa shape index (κ2) is 12.6. The fourth-order valence-electron chi connectivity index (χ4n) is 5.77. The number of nitrogens with one attached hydrogen (secondary N) is 3. The van der Waals surface area contributed by atoms with Gasteiger partial charge in [-0.25, -0.2) is 14.7 Å². The number of carboxylic acids is 1. The molecular formula is C27H32F3N7O5. The van der Waals surface area contributed by atoms with Gasteiger partial charge in [-0.05, 0) is 79.5 Å². The normalized spacial score (nSPS) is 21.9. The number of carboxylic acid groups (broad SMARTS) is 1. The quantitative estimate of drug-likeness (QED) is 0.335. The standard InChI is InChI=1S/C25H31N7O3.C2HF3O2/c1-32-12-11-25(17-7-8-20(34-2)21(14-17)35-3)10-9-19(15-22(25)32)27-24(33)26-18-6-4-5-16(13-18)23-28-30-31-29-23;3-2(4,5)1(6)7/h4-8,13-14,19,22H,9-12,15H2,1-3H3,(H2,26,27,33)(H,28,29,30,31);(H,6,7). The van der Waals surface area contributed by atoms with Crippen LogP contribution in [-0.2, 0) is 10.2 Å². The summed E-state index contributed by atoms with van der Waals surface area (Å²) in [6.07, 6.45) is -1.19. The van der Waals surface area contributed by atoms with Crippen LogP contribution >= 0.6 is 0 Å². The predicted molar refractivity (Wildman–Crippen MR) is 145 cm³/mol. The number of halogens is 3. The van der Waals surface area contributed by atoms with Crippen molar-refractivity contribution in [2.75, 3.05) is 33.1 Å². The first-order chi connectivity index (χ1) is 20.0. The van der Waals surface area contributed by atoms with Crippen LogP contribution in [0.5, 0.6) is 11.5 Å². The first-order valence-corrected chi connectivity index (χ1v) is 13.1. The fourth-order valence-corrected chi connectivity index (χ4v) is 5.77. The molecule has 1 saturated carbocycles. The predicted octanol–water partition coefficient (Wildman–Crippen LogP) is 3.83. The number of nitrogens with zero attached hydrogens (tertiary/aromatic N) is 4. The molecule has 4 N–H and O–H groups in total. The zero-order valence-electron chi connectivity index (χ0n) is 23.2. The van der Waals surface area contributed by atoms with Crippen molar-refractivity contribution in [2.24, 2.45) is 0 Å². The number of fused-ring (bicyclic) bond motifs is 1. The molecule has 5 rings (SSSR count). The minimum Gasteiger partial charge on any atom is -0.493 e. The molecule has 42 heavy (non-hydrogen) atoms. The number of likely N-dealkylation sites (N-methyl/N-ethyl adjacent to an activating group) is 1. The zero-order valence-corrected chi connectivity index (χ0v) is 23.2. The number of hydrogen-bond acceptors (Lipinski definition) is 8. The SMILES string of the molecule is COc1ccc(C23CCC(NC(=O)Nc4cccc(-c5nnn[nH]5)c4)CC2N(C)CC3)cc1OC.O=C(O)C(F)(F)F. The van der Waals surface area contributed by atoms with Crippen molar-refractivity contribution in [3.8, 4) is 22.9 Å². The summed E-state index contributed by atoms with van der Waals surface area (Å²) < 4.78 is 42.8. The van der Waals surface area contributed by atoms with Gasteiger partial charge in [-0.15, -0.1) is 5.10 Å². The van der Waals surface area contributed by atoms with Gasteiger partial charge in [0.1, 0.15) is 0 Å². The zero-order chi connectivity index (χ0) is 30.5. The third-order valence-corrected chi connectivity index (χ3v) is 7.80. The Morgan fingerprint density at radius 2 is 1.86 bits per heavy atom. The van der Waals surface area contributed by atoms with E-state index in [2.05, 4.69) is 55.3 Å². The van der Waals surface area contributed by atoms with Crippen LogP contribution in [0.3, 0.4) is 0 Å². The molecule has 2 heterocycles. The van der Waals surface area contributed by atoms with Crippen LogP contribution < -0.4 is 20.1 Å². The maximum absolute atomic E-state index is 12.8. The minimum atomic E-state index is -5.08. The van der Waals surface area contributed by atoms with Gasteiger partial charge in [0, 0.05) is 28.7 Å². The summed E-state index contributed by atoms with van der Waals surface area (Å²) in [6.45, 7) is 1.03. The second-order valence-corrected chi connectivity index (χ2v) is 10.2. The summed E-state index contributed by atoms with van der Waals surface area (Å²) >= 11 is 0. The third kappa shape index (κ3) is 6.73. The van der Waals surface area contributed by atoms with E-state index in [0.29, 0.717) is 17.6 Å². The summed E-state index contributed by atoms with van der Waals surface area (Å²) in [5.74, 6) is -0.702. The molecule has 0 bridgehead atoms. The van der Waals surface area contributed by atoms with E-state index in [1.165, 1.54) is 5.56 Å². The van der Waals surface area contributed by atoms with Crippen molar-refractivity contribution in [1.82, 2.24) is 30.8 Å². The molecule has 1 aliphatic heterocycles. The molecule has 1 saturated heterocycles. The number of anilines is 1. The number of aromatic amines is 1. The molecule has 1 aromatic heterocycles. The molecule has 226 valence electrons. The number of H-pyrrole nitrogens is 1. The van der Waals surface area contributed by atoms with Crippen molar-refractivity contribution in [1.29, 1.82) is 0 Å². The van der Waals surface area contributed by atoms with Gasteiger partial charge in [0.2, 0.25) is 0 Å². The van der Waals surface area contributed by atoms with Gasteiger partial charge in [-0.1, -0.05) is 18.2 Å². The average Bonchev–Trinajstić information content (AvgIpc) is 3.62. The molecule has 15 heteroatoms. The Bertz CT molecular complexity index is 1390. The van der Waals surface area contributed by atoms with Crippen LogP contribution in [0.15, 0.2) is 42.5 Å². The van der Waals surface area contributed by atoms with Crippen LogP contribution in [-0.4, -0.2) is 88.7 Å². The van der Waals surface area contributed by atoms with Gasteiger partial charge in [0.15, 0.2) is 17.3 Å². The number of rotatable bonds is 6. The molecule has 2 aliphatic rings. The Hall–Kier alpha value is -4.40. The summed E-state index contributed by atoms with van der Waals surface area (Å²) in [5, 5.41) is 27.1. The number of carbonyl (C=O) groups excluding carboxylic acids is 1. The van der Waals surface area contributed by atoms with Crippen LogP contribution in [0.2, 0.25) is 0 Å². The number of methoxy groups -OCH3 is 2. The molecule has 1 aliphatic carbocycles. The van der Waals surface area contributed by atoms with Gasteiger partial charge in [0.05, 0.1) is 14.2 Å². The molecule has 12 nitrogen and oxygen atoms in total. The third-order valence-electron chi connectivity index (χ3n) is 7.80. The Labute approximate surface area is 239 Å². The molecule has 3 unspecified atom stereocenters. The Morgan fingerprint density at radius 3 is 2.50 bits per heavy atom. The number of benzene rings is 2. The highest BCUT2D eigenvalue weighted by Gasteiger charge is 2.50. The molecule has 3 aromatic rings. The Kier molecular flexibility index (Phi) is 9.19. The highest BCUT2D eigenvalue weighted by molar-refractivity contribution is 5.90. The Balaban J connectivity index is 0.000000517. The molecule has 2 fully saturated rings. The van der Waals surface area contributed by atoms with Crippen molar-refractivity contribution in [3.63, 3.8) is 0 Å². The van der Waals surface area contributed by atoms with Gasteiger partial charge in [0.25, 0.3) is 0 Å². The molecular weight excluding hydrogens is 559 g/mol. The van der Waals surface area contributed by atoms with E-state index >= 15 is 0 Å². The van der Waals surface area contributed by atoms with E-state index in [4.69, 9.17) is 19.4 Å². The van der Waals surface area contributed by atoms with E-state index in [1.807, 2.05) is 30.3 Å². The number of tetrazole rings is 1. The topological polar surface area (TPSA) is 155 Å². The van der Waals surface area contributed by atoms with E-state index < -0.39 is 12.1 Å². The van der Waals surface area contributed by atoms with Crippen molar-refractivity contribution in [2.45, 2.75) is 49.4 Å². The lowest BCUT2D eigenvalue weighted by atomic mass is 9.65. The van der Waals surface area contributed by atoms with Crippen LogP contribution in [0.4, 0.5) is 23.7 Å². The lowest BCUT2D eigenvalue weighted by Gasteiger charge is -2.45. The highest BCUT2D eigenvalue weighted by Crippen LogP contribution is 2.49. The largest absolute Gasteiger partial charge is 0.493 e. The van der Waals surface area contributed by atoms with E-state index in [0.717, 1.165) is 49.3 Å². The molecule has 3 atom stereocenters. The van der Waals surface area contributed by atoms with Crippen LogP contribution in [0, 0.1) is 0 Å². The van der Waals surface area contributed by atoms with Crippen LogP contribution in [0.1, 0.15) is 31.2 Å². The molecule has 2 amide bonds. The van der Waals surface area contributed by atoms with Crippen molar-refractivity contribution < 1.29 is 37.3 Å². The van der Waals surface area contributed by atoms with Gasteiger partial charge >= 0.3 is 18.2 Å². The van der Waals surface area contributed by atoms with E-state index in [-0.39, 0.29) is 17.5 Å². The second-order valence-electron chi connectivity index (χ2n) is 10.2. The number of aliphatic carboxylic acids is 1. The van der Waals surface area contributed by atoms with Gasteiger partial charge in [-0.2, -0.15) is 13.2 Å². The average molecular weight is 592 g/mol. The molecule has 2 aromatic carbocycles. The summed E-state index contributed by atoms with van der Waals surface area (Å²) in [4.78, 5) is 24.2. The number of carbonyl (C=O) groups is 2. The number of alkyl halides is 3. The van der Waals surface area contributed by atoms with Crippen molar-refractivity contribution >= 4 is 17.7 Å². The number of urea groups is 1. The van der Waals surface area contributed by atoms with E-state index in [1.54, 1.807) is 14.2 Å². The first kappa shape index (κ1) is 30.6. The monoisotopic (exact) mass is 591 g/mol. The number of likely N-dealkylation sites (tertiary alicyclic amines) is 1. The van der Waals surface area contributed by atoms with Crippen molar-refractivity contribution in [3.05, 3.63) is 48.0 Å². The molecule has 0 radical (unpaired) electrons. The number of hydrogen-bond donors (Lipinski definition) is 4. The maximum atomic E-state index is 12.8. The summed E-state index contributed by atoms with van der Waals surface area (Å²) in [6, 6.07) is 14.0.